The molecule has 1 aromatic carbocycles. The molecule has 0 aliphatic heterocycles. The van der Waals surface area contributed by atoms with Crippen molar-refractivity contribution in [2.24, 2.45) is 34.6 Å². The molecule has 2 unspecified atom stereocenters. The summed E-state index contributed by atoms with van der Waals surface area (Å²) in [5.41, 5.74) is 1.75. The first-order valence-corrected chi connectivity index (χ1v) is 13.3. The van der Waals surface area contributed by atoms with Crippen molar-refractivity contribution < 1.29 is 19.0 Å². The predicted octanol–water partition coefficient (Wildman–Crippen LogP) is 5.52. The minimum atomic E-state index is -0.0132. The summed E-state index contributed by atoms with van der Waals surface area (Å²) in [7, 11) is 3.31. The maximum atomic E-state index is 12.9. The summed E-state index contributed by atoms with van der Waals surface area (Å²) < 4.78 is 16.6. The predicted molar refractivity (Wildman–Crippen MR) is 149 cm³/mol. The van der Waals surface area contributed by atoms with Gasteiger partial charge in [-0.2, -0.15) is 5.10 Å². The van der Waals surface area contributed by atoms with Crippen LogP contribution in [0.3, 0.4) is 0 Å². The largest absolute Gasteiger partial charge is 0.493 e. The summed E-state index contributed by atoms with van der Waals surface area (Å²) >= 11 is 0. The fourth-order valence-corrected chi connectivity index (χ4v) is 4.33. The lowest BCUT2D eigenvalue weighted by Crippen LogP contribution is -2.37. The number of nitrogens with two attached hydrogens (primary N) is 1. The van der Waals surface area contributed by atoms with Gasteiger partial charge in [-0.25, -0.2) is 0 Å². The number of hydrogen-bond acceptors (Lipinski definition) is 6. The van der Waals surface area contributed by atoms with Crippen molar-refractivity contribution in [1.29, 1.82) is 0 Å². The van der Waals surface area contributed by atoms with Crippen LogP contribution >= 0.6 is 0 Å². The van der Waals surface area contributed by atoms with Crippen molar-refractivity contribution >= 4 is 11.6 Å². The van der Waals surface area contributed by atoms with Crippen LogP contribution in [0.4, 0.5) is 0 Å². The van der Waals surface area contributed by atoms with Crippen LogP contribution in [-0.4, -0.2) is 57.0 Å². The summed E-state index contributed by atoms with van der Waals surface area (Å²) in [6.45, 7) is 15.3. The molecule has 2 atom stereocenters. The van der Waals surface area contributed by atoms with Gasteiger partial charge in [-0.15, -0.1) is 0 Å². The summed E-state index contributed by atoms with van der Waals surface area (Å²) in [6.07, 6.45) is 6.62. The lowest BCUT2D eigenvalue weighted by Gasteiger charge is -2.27. The Morgan fingerprint density at radius 2 is 1.58 bits per heavy atom. The quantitative estimate of drug-likeness (QED) is 0.0994. The van der Waals surface area contributed by atoms with Gasteiger partial charge in [0, 0.05) is 50.6 Å². The molecule has 1 rings (SSSR count). The van der Waals surface area contributed by atoms with Crippen LogP contribution in [0.2, 0.25) is 0 Å². The molecule has 7 heteroatoms. The van der Waals surface area contributed by atoms with Gasteiger partial charge in [0.2, 0.25) is 5.91 Å². The Balaban J connectivity index is 3.03. The number of allylic oxidation sites excluding steroid dienone is 2. The number of amides is 1. The molecule has 2 N–H and O–H groups in total. The average molecular weight is 504 g/mol. The maximum Gasteiger partial charge on any atom is 0.226 e. The van der Waals surface area contributed by atoms with E-state index in [-0.39, 0.29) is 23.7 Å². The van der Waals surface area contributed by atoms with Gasteiger partial charge in [-0.1, -0.05) is 39.8 Å². The highest BCUT2D eigenvalue weighted by Gasteiger charge is 2.25. The van der Waals surface area contributed by atoms with E-state index in [1.54, 1.807) is 14.2 Å². The Morgan fingerprint density at radius 1 is 0.972 bits per heavy atom. The summed E-state index contributed by atoms with van der Waals surface area (Å²) in [4.78, 5) is 14.9. The van der Waals surface area contributed by atoms with Crippen LogP contribution in [0, 0.1) is 23.7 Å². The van der Waals surface area contributed by atoms with Crippen LogP contribution in [0.15, 0.2) is 35.5 Å². The van der Waals surface area contributed by atoms with Crippen molar-refractivity contribution in [2.75, 3.05) is 40.5 Å². The van der Waals surface area contributed by atoms with E-state index in [0.29, 0.717) is 30.6 Å². The average Bonchev–Trinajstić information content (AvgIpc) is 2.86. The van der Waals surface area contributed by atoms with Crippen LogP contribution < -0.4 is 15.3 Å². The van der Waals surface area contributed by atoms with Crippen molar-refractivity contribution in [2.45, 2.75) is 60.8 Å². The third-order valence-electron chi connectivity index (χ3n) is 6.65. The van der Waals surface area contributed by atoms with Crippen molar-refractivity contribution in [3.63, 3.8) is 0 Å². The number of ether oxygens (including phenoxy) is 3. The summed E-state index contributed by atoms with van der Waals surface area (Å²) in [5.74, 6) is 8.22. The number of rotatable bonds is 17. The molecule has 204 valence electrons. The molecule has 1 amide bonds. The first-order valence-electron chi connectivity index (χ1n) is 13.3. The van der Waals surface area contributed by atoms with Gasteiger partial charge >= 0.3 is 0 Å². The molecule has 0 aliphatic carbocycles. The zero-order chi connectivity index (χ0) is 27.1. The Bertz CT molecular complexity index is 832. The second-order valence-corrected chi connectivity index (χ2v) is 9.73. The Morgan fingerprint density at radius 3 is 2.08 bits per heavy atom. The van der Waals surface area contributed by atoms with Crippen LogP contribution in [0.5, 0.6) is 11.5 Å². The highest BCUT2D eigenvalue weighted by Crippen LogP contribution is 2.31. The Kier molecular flexibility index (Phi) is 14.9. The topological polar surface area (TPSA) is 86.4 Å². The molecule has 0 aliphatic rings. The molecular formula is C29H49N3O4. The van der Waals surface area contributed by atoms with Gasteiger partial charge in [-0.3, -0.25) is 4.79 Å². The number of benzene rings is 1. The summed E-state index contributed by atoms with van der Waals surface area (Å²) in [6, 6.07) is 5.82. The van der Waals surface area contributed by atoms with E-state index in [0.717, 1.165) is 43.6 Å². The fourth-order valence-electron chi connectivity index (χ4n) is 4.33. The van der Waals surface area contributed by atoms with Gasteiger partial charge in [0.15, 0.2) is 11.5 Å². The molecule has 0 saturated carbocycles. The zero-order valence-electron chi connectivity index (χ0n) is 23.8. The van der Waals surface area contributed by atoms with Crippen molar-refractivity contribution in [3.05, 3.63) is 35.9 Å². The molecule has 0 heterocycles. The molecule has 0 spiro atoms. The van der Waals surface area contributed by atoms with Gasteiger partial charge < -0.3 is 25.0 Å². The third-order valence-corrected chi connectivity index (χ3v) is 6.65. The number of carbonyl (C=O) groups is 1. The lowest BCUT2D eigenvalue weighted by molar-refractivity contribution is -0.136. The SMILES string of the molecule is CCN(CC)C(=O)C(C/C=C/CC(C(=NN)c1ccc(OC)c(OCCCOC)c1)C(C)C)C(C)C. The molecule has 0 saturated heterocycles. The van der Waals surface area contributed by atoms with Gasteiger partial charge in [0.05, 0.1) is 19.4 Å². The molecule has 36 heavy (non-hydrogen) atoms. The summed E-state index contributed by atoms with van der Waals surface area (Å²) in [5, 5.41) is 4.21. The standard InChI is InChI=1S/C29H49N3O4/c1-9-32(10-2)29(33)25(22(5)6)15-12-11-14-24(21(3)4)28(31-30)23-16-17-26(35-8)27(20-23)36-19-13-18-34-7/h11-12,16-17,20-22,24-25H,9-10,13-15,18-19,30H2,1-8H3/b12-11+,31-28?. The molecule has 7 nitrogen and oxygen atoms in total. The number of carbonyl (C=O) groups excluding carboxylic acids is 1. The van der Waals surface area contributed by atoms with E-state index in [1.807, 2.05) is 36.9 Å². The van der Waals surface area contributed by atoms with Gasteiger partial charge in [0.1, 0.15) is 0 Å². The van der Waals surface area contributed by atoms with E-state index < -0.39 is 0 Å². The number of nitrogens with zero attached hydrogens (tertiary/aromatic N) is 2. The van der Waals surface area contributed by atoms with Gasteiger partial charge in [-0.05, 0) is 56.7 Å². The number of hydrogen-bond donors (Lipinski definition) is 1. The second kappa shape index (κ2) is 17.0. The molecular weight excluding hydrogens is 454 g/mol. The number of hydrazone groups is 1. The molecule has 0 aromatic heterocycles. The minimum absolute atomic E-state index is 0.0132. The fraction of sp³-hybridized carbons (Fsp3) is 0.655. The monoisotopic (exact) mass is 503 g/mol. The highest BCUT2D eigenvalue weighted by molar-refractivity contribution is 6.02. The minimum Gasteiger partial charge on any atom is -0.493 e. The first-order chi connectivity index (χ1) is 17.2. The van der Waals surface area contributed by atoms with E-state index in [2.05, 4.69) is 44.9 Å². The van der Waals surface area contributed by atoms with Crippen LogP contribution in [-0.2, 0) is 9.53 Å². The smallest absolute Gasteiger partial charge is 0.226 e. The Labute approximate surface area is 219 Å². The van der Waals surface area contributed by atoms with Gasteiger partial charge in [0.25, 0.3) is 0 Å². The Hall–Kier alpha value is -2.54. The van der Waals surface area contributed by atoms with Crippen molar-refractivity contribution in [3.8, 4) is 11.5 Å². The van der Waals surface area contributed by atoms with E-state index in [1.165, 1.54) is 0 Å². The maximum absolute atomic E-state index is 12.9. The van der Waals surface area contributed by atoms with E-state index in [4.69, 9.17) is 20.1 Å². The normalized spacial score (nSPS) is 13.9. The van der Waals surface area contributed by atoms with E-state index in [9.17, 15) is 4.79 Å². The lowest BCUT2D eigenvalue weighted by atomic mass is 9.84. The molecule has 1 aromatic rings. The number of methoxy groups -OCH3 is 2. The molecule has 0 fully saturated rings. The molecule has 0 bridgehead atoms. The third kappa shape index (κ3) is 9.49. The van der Waals surface area contributed by atoms with Crippen LogP contribution in [0.25, 0.3) is 0 Å². The molecule has 0 radical (unpaired) electrons. The van der Waals surface area contributed by atoms with Crippen LogP contribution in [0.1, 0.15) is 66.4 Å². The first kappa shape index (κ1) is 31.5. The van der Waals surface area contributed by atoms with Crippen molar-refractivity contribution in [1.82, 2.24) is 4.90 Å². The van der Waals surface area contributed by atoms with E-state index >= 15 is 0 Å². The zero-order valence-corrected chi connectivity index (χ0v) is 23.8. The highest BCUT2D eigenvalue weighted by atomic mass is 16.5. The second-order valence-electron chi connectivity index (χ2n) is 9.73.